The lowest BCUT2D eigenvalue weighted by Crippen LogP contribution is -2.49. The van der Waals surface area contributed by atoms with Crippen molar-refractivity contribution in [2.24, 2.45) is 12.2 Å². The van der Waals surface area contributed by atoms with Gasteiger partial charge in [0.15, 0.2) is 24.2 Å². The van der Waals surface area contributed by atoms with E-state index in [0.29, 0.717) is 24.4 Å². The molecule has 1 aliphatic heterocycles. The van der Waals surface area contributed by atoms with Crippen LogP contribution >= 0.6 is 0 Å². The average molecular weight is 601 g/mol. The highest BCUT2D eigenvalue weighted by atomic mass is 32.2. The number of nitrogens with one attached hydrogen (secondary N) is 1. The van der Waals surface area contributed by atoms with Gasteiger partial charge < -0.3 is 19.1 Å². The molecule has 0 saturated heterocycles. The molecule has 1 N–H and O–H groups in total. The predicted octanol–water partition coefficient (Wildman–Crippen LogP) is 3.30. The van der Waals surface area contributed by atoms with Crippen LogP contribution in [0, 0.1) is 0 Å². The van der Waals surface area contributed by atoms with Gasteiger partial charge in [-0.1, -0.05) is 50.2 Å². The summed E-state index contributed by atoms with van der Waals surface area (Å²) in [4.78, 5) is 31.1. The van der Waals surface area contributed by atoms with Gasteiger partial charge >= 0.3 is 27.5 Å². The van der Waals surface area contributed by atoms with Crippen molar-refractivity contribution in [1.29, 1.82) is 0 Å². The number of rotatable bonds is 13. The zero-order valence-corrected chi connectivity index (χ0v) is 23.9. The molecule has 0 amide bonds. The molecule has 1 aliphatic rings. The largest absolute Gasteiger partial charge is 0.534 e. The SMILES string of the molecule is CCC1(CN[C@@H](CC(=O)OS(=O)(=O)C(F)(F)F)C(=O)COc2cccc[n+]2C)CC(c2ccccc2C(C)C)=NO1. The fraction of sp³-hybridized carbons (Fsp3) is 0.481. The van der Waals surface area contributed by atoms with Gasteiger partial charge in [0.05, 0.1) is 24.2 Å². The first-order chi connectivity index (χ1) is 19.2. The summed E-state index contributed by atoms with van der Waals surface area (Å²) in [5.74, 6) is -1.94. The first-order valence-electron chi connectivity index (χ1n) is 12.9. The number of alkyl halides is 3. The van der Waals surface area contributed by atoms with Crippen molar-refractivity contribution in [3.63, 3.8) is 0 Å². The molecule has 10 nitrogen and oxygen atoms in total. The van der Waals surface area contributed by atoms with E-state index in [9.17, 15) is 31.2 Å². The molecule has 0 fully saturated rings. The molecule has 41 heavy (non-hydrogen) atoms. The van der Waals surface area contributed by atoms with Gasteiger partial charge in [0.1, 0.15) is 7.05 Å². The number of carbonyl (C=O) groups is 2. The fourth-order valence-corrected chi connectivity index (χ4v) is 4.63. The third-order valence-electron chi connectivity index (χ3n) is 6.66. The van der Waals surface area contributed by atoms with Crippen molar-refractivity contribution in [3.05, 3.63) is 59.8 Å². The van der Waals surface area contributed by atoms with E-state index in [0.717, 1.165) is 11.1 Å². The normalized spacial score (nSPS) is 18.0. The van der Waals surface area contributed by atoms with Crippen LogP contribution in [-0.4, -0.2) is 56.2 Å². The molecular weight excluding hydrogens is 567 g/mol. The van der Waals surface area contributed by atoms with Gasteiger partial charge in [-0.2, -0.15) is 26.2 Å². The Labute approximate surface area is 236 Å². The quantitative estimate of drug-likeness (QED) is 0.211. The van der Waals surface area contributed by atoms with Gasteiger partial charge in [-0.25, -0.2) is 0 Å². The molecule has 14 heteroatoms. The maximum Gasteiger partial charge on any atom is 0.534 e. The number of oxime groups is 1. The van der Waals surface area contributed by atoms with Gasteiger partial charge in [0.25, 0.3) is 0 Å². The van der Waals surface area contributed by atoms with Gasteiger partial charge in [0, 0.05) is 24.6 Å². The van der Waals surface area contributed by atoms with Gasteiger partial charge in [-0.05, 0) is 24.0 Å². The fourth-order valence-electron chi connectivity index (χ4n) is 4.22. The van der Waals surface area contributed by atoms with E-state index in [1.807, 2.05) is 31.2 Å². The van der Waals surface area contributed by atoms with Gasteiger partial charge in [0.2, 0.25) is 0 Å². The van der Waals surface area contributed by atoms with E-state index in [-0.39, 0.29) is 12.5 Å². The van der Waals surface area contributed by atoms with E-state index < -0.39 is 52.0 Å². The smallest absolute Gasteiger partial charge is 0.436 e. The lowest BCUT2D eigenvalue weighted by Gasteiger charge is -2.28. The zero-order valence-electron chi connectivity index (χ0n) is 23.1. The number of pyridine rings is 1. The van der Waals surface area contributed by atoms with Crippen LogP contribution in [0.1, 0.15) is 57.1 Å². The highest BCUT2D eigenvalue weighted by Crippen LogP contribution is 2.32. The van der Waals surface area contributed by atoms with Gasteiger partial charge in [-0.3, -0.25) is 9.59 Å². The highest BCUT2D eigenvalue weighted by Gasteiger charge is 2.50. The summed E-state index contributed by atoms with van der Waals surface area (Å²) in [6, 6.07) is 11.3. The number of hydrogen-bond donors (Lipinski definition) is 1. The number of nitrogens with zero attached hydrogens (tertiary/aromatic N) is 2. The van der Waals surface area contributed by atoms with Crippen LogP contribution in [0.3, 0.4) is 0 Å². The van der Waals surface area contributed by atoms with Crippen LogP contribution < -0.4 is 14.6 Å². The van der Waals surface area contributed by atoms with E-state index in [1.165, 1.54) is 0 Å². The third-order valence-corrected chi connectivity index (χ3v) is 7.64. The lowest BCUT2D eigenvalue weighted by atomic mass is 9.87. The Morgan fingerprint density at radius 1 is 1.17 bits per heavy atom. The second-order valence-corrected chi connectivity index (χ2v) is 11.5. The Bertz CT molecular complexity index is 1400. The third kappa shape index (κ3) is 8.03. The monoisotopic (exact) mass is 600 g/mol. The second kappa shape index (κ2) is 13.0. The molecular formula is C27H33F3N3O7S+. The highest BCUT2D eigenvalue weighted by molar-refractivity contribution is 7.88. The lowest BCUT2D eigenvalue weighted by molar-refractivity contribution is -0.677. The van der Waals surface area contributed by atoms with E-state index in [2.05, 4.69) is 28.5 Å². The molecule has 0 spiro atoms. The van der Waals surface area contributed by atoms with Crippen molar-refractivity contribution in [2.75, 3.05) is 13.2 Å². The Morgan fingerprint density at radius 3 is 2.49 bits per heavy atom. The molecule has 1 aromatic heterocycles. The molecule has 0 saturated carbocycles. The topological polar surface area (TPSA) is 124 Å². The molecule has 1 aromatic carbocycles. The number of carbonyl (C=O) groups excluding carboxylic acids is 2. The minimum absolute atomic E-state index is 0.0326. The summed E-state index contributed by atoms with van der Waals surface area (Å²) < 4.78 is 71.7. The van der Waals surface area contributed by atoms with Crippen LogP contribution in [0.15, 0.2) is 53.8 Å². The Hall–Kier alpha value is -3.52. The van der Waals surface area contributed by atoms with Crippen molar-refractivity contribution < 1.29 is 49.5 Å². The Kier molecular flexibility index (Phi) is 10.1. The minimum atomic E-state index is -6.19. The number of ether oxygens (including phenoxy) is 1. The molecule has 2 heterocycles. The summed E-state index contributed by atoms with van der Waals surface area (Å²) in [7, 11) is -4.52. The molecule has 1 unspecified atom stereocenters. The van der Waals surface area contributed by atoms with Crippen molar-refractivity contribution in [1.82, 2.24) is 5.32 Å². The van der Waals surface area contributed by atoms with Crippen LogP contribution in [0.2, 0.25) is 0 Å². The van der Waals surface area contributed by atoms with E-state index >= 15 is 0 Å². The zero-order chi connectivity index (χ0) is 30.4. The molecule has 0 radical (unpaired) electrons. The number of halogens is 3. The maximum atomic E-state index is 13.1. The Balaban J connectivity index is 1.76. The summed E-state index contributed by atoms with van der Waals surface area (Å²) in [5, 5.41) is 7.14. The number of benzene rings is 1. The van der Waals surface area contributed by atoms with Crippen molar-refractivity contribution in [3.8, 4) is 5.88 Å². The molecule has 0 aliphatic carbocycles. The molecule has 2 aromatic rings. The van der Waals surface area contributed by atoms with Crippen LogP contribution in [0.5, 0.6) is 5.88 Å². The van der Waals surface area contributed by atoms with E-state index in [4.69, 9.17) is 9.57 Å². The first kappa shape index (κ1) is 32.0. The summed E-state index contributed by atoms with van der Waals surface area (Å²) >= 11 is 0. The number of hydrogen-bond acceptors (Lipinski definition) is 9. The molecule has 224 valence electrons. The van der Waals surface area contributed by atoms with Crippen LogP contribution in [0.25, 0.3) is 0 Å². The van der Waals surface area contributed by atoms with E-state index in [1.54, 1.807) is 36.0 Å². The summed E-state index contributed by atoms with van der Waals surface area (Å²) in [6.07, 6.45) is 1.46. The number of Topliss-reactive ketones (excluding diaryl/α,β-unsaturated/α-hetero) is 1. The van der Waals surface area contributed by atoms with Gasteiger partial charge in [-0.15, -0.1) is 0 Å². The maximum absolute atomic E-state index is 13.1. The molecule has 0 bridgehead atoms. The molecule has 2 atom stereocenters. The van der Waals surface area contributed by atoms with Crippen LogP contribution in [0.4, 0.5) is 13.2 Å². The predicted molar refractivity (Wildman–Crippen MR) is 141 cm³/mol. The average Bonchev–Trinajstić information content (AvgIpc) is 3.34. The summed E-state index contributed by atoms with van der Waals surface area (Å²) in [6.45, 7) is 5.35. The number of aryl methyl sites for hydroxylation is 1. The number of ketones is 1. The standard InChI is InChI=1S/C27H33F3N3O7S/c1-5-26(15-22(32-40-26)20-11-7-6-10-19(20)18(2)3)17-31-21(14-25(35)39-41(36,37)27(28,29)30)23(34)16-38-24-12-8-9-13-33(24)4/h6-13,18,21,31H,5,14-17H2,1-4H3/q+1/t21-,26?/m0/s1. The van der Waals surface area contributed by atoms with Crippen molar-refractivity contribution >= 4 is 27.6 Å². The van der Waals surface area contributed by atoms with Crippen LogP contribution in [-0.2, 0) is 35.8 Å². The minimum Gasteiger partial charge on any atom is -0.436 e. The summed E-state index contributed by atoms with van der Waals surface area (Å²) in [5.41, 5.74) is -4.06. The first-order valence-corrected chi connectivity index (χ1v) is 14.3. The Morgan fingerprint density at radius 2 is 1.85 bits per heavy atom. The number of aromatic nitrogens is 1. The second-order valence-electron chi connectivity index (χ2n) is 9.98. The van der Waals surface area contributed by atoms with Crippen molar-refractivity contribution in [2.45, 2.75) is 63.1 Å². The molecule has 3 rings (SSSR count).